The SMILES string of the molecule is CCOC(=O)c1ccc(-c2ccc(/C=C3/C(=N)N4N=C(c5ccccc5)SC4=NC3=O)o2)cc1. The number of thioether (sulfide) groups is 1. The first kappa shape index (κ1) is 21.6. The second-order valence-electron chi connectivity index (χ2n) is 7.29. The number of nitrogens with one attached hydrogen (secondary N) is 1. The van der Waals surface area contributed by atoms with Gasteiger partial charge < -0.3 is 9.15 Å². The van der Waals surface area contributed by atoms with Gasteiger partial charge in [-0.2, -0.15) is 15.1 Å². The molecule has 0 aliphatic carbocycles. The first-order valence-electron chi connectivity index (χ1n) is 10.5. The van der Waals surface area contributed by atoms with E-state index >= 15 is 0 Å². The number of rotatable bonds is 5. The summed E-state index contributed by atoms with van der Waals surface area (Å²) in [6, 6.07) is 19.8. The number of carbonyl (C=O) groups is 2. The standard InChI is InChI=1S/C25H18N4O4S/c1-2-32-24(31)17-10-8-15(9-11-17)20-13-12-18(33-20)14-19-21(26)29-25(27-22(19)30)34-23(28-29)16-6-4-3-5-7-16/h3-14,26H,2H2,1H3/b19-14-,26-21?. The molecule has 3 aromatic rings. The molecule has 0 saturated carbocycles. The predicted octanol–water partition coefficient (Wildman–Crippen LogP) is 4.79. The number of aliphatic imine (C=N–C) groups is 1. The van der Waals surface area contributed by atoms with Crippen molar-refractivity contribution in [3.8, 4) is 11.3 Å². The summed E-state index contributed by atoms with van der Waals surface area (Å²) < 4.78 is 10.9. The molecule has 0 spiro atoms. The maximum absolute atomic E-state index is 12.7. The Morgan fingerprint density at radius 3 is 2.59 bits per heavy atom. The normalized spacial score (nSPS) is 16.4. The van der Waals surface area contributed by atoms with Crippen LogP contribution in [0.15, 0.2) is 86.8 Å². The average Bonchev–Trinajstić information content (AvgIpc) is 3.50. The fraction of sp³-hybridized carbons (Fsp3) is 0.0800. The van der Waals surface area contributed by atoms with Gasteiger partial charge in [0.1, 0.15) is 16.6 Å². The van der Waals surface area contributed by atoms with Crippen LogP contribution in [0.5, 0.6) is 0 Å². The quantitative estimate of drug-likeness (QED) is 0.424. The molecule has 168 valence electrons. The Kier molecular flexibility index (Phi) is 5.69. The lowest BCUT2D eigenvalue weighted by atomic mass is 10.1. The van der Waals surface area contributed by atoms with Crippen LogP contribution in [0.2, 0.25) is 0 Å². The molecule has 2 aliphatic rings. The Balaban J connectivity index is 1.38. The fourth-order valence-corrected chi connectivity index (χ4v) is 4.30. The Morgan fingerprint density at radius 2 is 1.85 bits per heavy atom. The zero-order valence-electron chi connectivity index (χ0n) is 18.0. The molecule has 0 radical (unpaired) electrons. The van der Waals surface area contributed by atoms with Gasteiger partial charge in [0.25, 0.3) is 5.91 Å². The summed E-state index contributed by atoms with van der Waals surface area (Å²) in [4.78, 5) is 28.6. The van der Waals surface area contributed by atoms with Gasteiger partial charge >= 0.3 is 5.97 Å². The molecule has 2 aromatic carbocycles. The highest BCUT2D eigenvalue weighted by atomic mass is 32.2. The van der Waals surface area contributed by atoms with E-state index < -0.39 is 5.91 Å². The summed E-state index contributed by atoms with van der Waals surface area (Å²) >= 11 is 1.25. The lowest BCUT2D eigenvalue weighted by Crippen LogP contribution is -2.35. The van der Waals surface area contributed by atoms with Crippen molar-refractivity contribution in [1.29, 1.82) is 5.41 Å². The molecule has 1 amide bonds. The molecule has 9 heteroatoms. The van der Waals surface area contributed by atoms with E-state index in [1.54, 1.807) is 43.3 Å². The second kappa shape index (κ2) is 8.95. The first-order valence-corrected chi connectivity index (χ1v) is 11.3. The lowest BCUT2D eigenvalue weighted by Gasteiger charge is -2.19. The van der Waals surface area contributed by atoms with Gasteiger partial charge in [-0.3, -0.25) is 10.2 Å². The maximum Gasteiger partial charge on any atom is 0.338 e. The molecule has 0 unspecified atom stereocenters. The monoisotopic (exact) mass is 470 g/mol. The number of esters is 1. The summed E-state index contributed by atoms with van der Waals surface area (Å²) in [5.74, 6) is -0.0147. The number of benzene rings is 2. The number of ether oxygens (including phenoxy) is 1. The van der Waals surface area contributed by atoms with Crippen LogP contribution in [-0.4, -0.2) is 39.5 Å². The third kappa shape index (κ3) is 4.08. The molecule has 1 N–H and O–H groups in total. The molecule has 34 heavy (non-hydrogen) atoms. The topological polar surface area (TPSA) is 108 Å². The number of carbonyl (C=O) groups excluding carboxylic acids is 2. The molecule has 8 nitrogen and oxygen atoms in total. The number of amidine groups is 2. The number of furan rings is 1. The molecule has 0 fully saturated rings. The molecule has 5 rings (SSSR count). The predicted molar refractivity (Wildman–Crippen MR) is 131 cm³/mol. The van der Waals surface area contributed by atoms with Crippen LogP contribution in [0.1, 0.15) is 28.6 Å². The van der Waals surface area contributed by atoms with Gasteiger partial charge in [-0.25, -0.2) is 4.79 Å². The Hall–Kier alpha value is -4.24. The zero-order valence-corrected chi connectivity index (χ0v) is 18.8. The number of amides is 1. The molecular formula is C25H18N4O4S. The number of fused-ring (bicyclic) bond motifs is 1. The number of hydrogen-bond donors (Lipinski definition) is 1. The van der Waals surface area contributed by atoms with Crippen molar-refractivity contribution in [2.75, 3.05) is 6.61 Å². The van der Waals surface area contributed by atoms with Crippen molar-refractivity contribution in [2.24, 2.45) is 10.1 Å². The summed E-state index contributed by atoms with van der Waals surface area (Å²) in [7, 11) is 0. The van der Waals surface area contributed by atoms with E-state index in [1.165, 1.54) is 22.8 Å². The average molecular weight is 471 g/mol. The van der Waals surface area contributed by atoms with Crippen molar-refractivity contribution in [3.63, 3.8) is 0 Å². The summed E-state index contributed by atoms with van der Waals surface area (Å²) in [6.45, 7) is 2.07. The van der Waals surface area contributed by atoms with E-state index in [2.05, 4.69) is 10.1 Å². The Bertz CT molecular complexity index is 1390. The van der Waals surface area contributed by atoms with Crippen LogP contribution in [-0.2, 0) is 9.53 Å². The van der Waals surface area contributed by atoms with Crippen LogP contribution in [0, 0.1) is 5.41 Å². The van der Waals surface area contributed by atoms with E-state index in [0.29, 0.717) is 33.9 Å². The van der Waals surface area contributed by atoms with E-state index in [9.17, 15) is 9.59 Å². The van der Waals surface area contributed by atoms with Crippen molar-refractivity contribution in [1.82, 2.24) is 5.01 Å². The third-order valence-electron chi connectivity index (χ3n) is 5.07. The second-order valence-corrected chi connectivity index (χ2v) is 8.25. The minimum atomic E-state index is -0.523. The van der Waals surface area contributed by atoms with E-state index in [0.717, 1.165) is 11.1 Å². The largest absolute Gasteiger partial charge is 0.462 e. The highest BCUT2D eigenvalue weighted by Crippen LogP contribution is 2.31. The lowest BCUT2D eigenvalue weighted by molar-refractivity contribution is -0.114. The Labute approximate surface area is 199 Å². The Morgan fingerprint density at radius 1 is 1.09 bits per heavy atom. The molecule has 0 atom stereocenters. The smallest absolute Gasteiger partial charge is 0.338 e. The van der Waals surface area contributed by atoms with Gasteiger partial charge in [-0.05, 0) is 49.0 Å². The summed E-state index contributed by atoms with van der Waals surface area (Å²) in [5, 5.41) is 15.4. The van der Waals surface area contributed by atoms with Crippen molar-refractivity contribution >= 4 is 45.8 Å². The zero-order chi connectivity index (χ0) is 23.7. The highest BCUT2D eigenvalue weighted by molar-refractivity contribution is 8.27. The first-order chi connectivity index (χ1) is 16.5. The van der Waals surface area contributed by atoms with Crippen LogP contribution in [0.3, 0.4) is 0 Å². The van der Waals surface area contributed by atoms with Crippen molar-refractivity contribution in [3.05, 3.63) is 89.2 Å². The van der Waals surface area contributed by atoms with Gasteiger partial charge in [0.15, 0.2) is 5.84 Å². The molecule has 2 aliphatic heterocycles. The van der Waals surface area contributed by atoms with Crippen LogP contribution >= 0.6 is 11.8 Å². The van der Waals surface area contributed by atoms with Crippen LogP contribution in [0.4, 0.5) is 0 Å². The van der Waals surface area contributed by atoms with Gasteiger partial charge in [-0.1, -0.05) is 42.5 Å². The molecular weight excluding hydrogens is 452 g/mol. The van der Waals surface area contributed by atoms with E-state index in [1.807, 2.05) is 30.3 Å². The number of hydrazone groups is 1. The maximum atomic E-state index is 12.7. The van der Waals surface area contributed by atoms with Crippen molar-refractivity contribution < 1.29 is 18.7 Å². The summed E-state index contributed by atoms with van der Waals surface area (Å²) in [6.07, 6.45) is 1.49. The molecule has 3 heterocycles. The molecule has 1 aromatic heterocycles. The molecule has 0 saturated heterocycles. The summed E-state index contributed by atoms with van der Waals surface area (Å²) in [5.41, 5.74) is 2.19. The number of hydrogen-bond acceptors (Lipinski definition) is 7. The van der Waals surface area contributed by atoms with E-state index in [-0.39, 0.29) is 17.4 Å². The fourth-order valence-electron chi connectivity index (χ4n) is 3.40. The minimum Gasteiger partial charge on any atom is -0.462 e. The van der Waals surface area contributed by atoms with E-state index in [4.69, 9.17) is 14.6 Å². The molecule has 0 bridgehead atoms. The third-order valence-corrected chi connectivity index (χ3v) is 6.03. The van der Waals surface area contributed by atoms with Gasteiger partial charge in [0.2, 0.25) is 5.17 Å². The van der Waals surface area contributed by atoms with Crippen molar-refractivity contribution in [2.45, 2.75) is 6.92 Å². The van der Waals surface area contributed by atoms with Crippen LogP contribution in [0.25, 0.3) is 17.4 Å². The van der Waals surface area contributed by atoms with Gasteiger partial charge in [0, 0.05) is 11.1 Å². The van der Waals surface area contributed by atoms with Gasteiger partial charge in [0.05, 0.1) is 17.7 Å². The number of nitrogens with zero attached hydrogens (tertiary/aromatic N) is 3. The highest BCUT2D eigenvalue weighted by Gasteiger charge is 2.36. The van der Waals surface area contributed by atoms with Crippen LogP contribution < -0.4 is 0 Å². The van der Waals surface area contributed by atoms with Gasteiger partial charge in [-0.15, -0.1) is 0 Å². The minimum absolute atomic E-state index is 0.0647.